The number of hydrogen-bond donors (Lipinski definition) is 10. The molecule has 12 aromatic rings. The first-order valence-electron chi connectivity index (χ1n) is 48.6. The fraction of sp³-hybridized carbons (Fsp3) is 0.438. The molecule has 12 rings (SSSR count). The zero-order chi connectivity index (χ0) is 99.8. The number of rotatable bonds is 36. The van der Waals surface area contributed by atoms with Crippen LogP contribution in [0.3, 0.4) is 0 Å². The summed E-state index contributed by atoms with van der Waals surface area (Å²) in [5.74, 6) is 7.18. The summed E-state index contributed by atoms with van der Waals surface area (Å²) in [6.07, 6.45) is 7.06. The van der Waals surface area contributed by atoms with Crippen molar-refractivity contribution < 1.29 is 18.9 Å². The molecule has 16 nitrogen and oxygen atoms in total. The number of aromatic nitrogens is 2. The molecule has 2 heterocycles. The summed E-state index contributed by atoms with van der Waals surface area (Å²) in [5, 5.41) is 35.1. The summed E-state index contributed by atoms with van der Waals surface area (Å²) in [7, 11) is 5.07. The SMILES string of the molecule is C.C.C.C.CC(C)NC(C)c1ccc(Br)cc1.CC(C)NCCSc1ccnc2ccccc12.CC(C)Nc1ccc(Oc2ccccc2)cc1.CC(C)Nc1ccccc1.CC(C)Nc1ccccc1C(C)C.CCCc1cccnc1NC(C)C.COc1ccc(CCNC(C)C)cc1.COc1cccc(CNC(C)C)c1.COc1cccc([C@@H](C)NC(C)C)c1.Cc1ccc(NC(C)C)cc1. The maximum absolute atomic E-state index is 5.71. The van der Waals surface area contributed by atoms with Crippen LogP contribution in [0.15, 0.2) is 295 Å². The average Bonchev–Trinajstić information content (AvgIpc) is 0.827. The van der Waals surface area contributed by atoms with E-state index in [4.69, 9.17) is 18.9 Å². The van der Waals surface area contributed by atoms with Crippen LogP contribution < -0.4 is 72.1 Å². The van der Waals surface area contributed by atoms with Gasteiger partial charge < -0.3 is 72.1 Å². The summed E-state index contributed by atoms with van der Waals surface area (Å²) in [6, 6.07) is 98.3. The van der Waals surface area contributed by atoms with E-state index >= 15 is 0 Å². The van der Waals surface area contributed by atoms with E-state index in [0.29, 0.717) is 78.4 Å². The van der Waals surface area contributed by atoms with Gasteiger partial charge in [0, 0.05) is 141 Å². The predicted molar refractivity (Wildman–Crippen MR) is 621 cm³/mol. The lowest BCUT2D eigenvalue weighted by molar-refractivity contribution is 0.412. The summed E-state index contributed by atoms with van der Waals surface area (Å²) >= 11 is 5.31. The molecule has 0 saturated carbocycles. The number of anilines is 5. The standard InChI is InChI=1S/C15H17NO.C14H18N2S.2C12H19NO.C12H19N.C11H16BrN.C11H18N2.C11H17NO.C10H15N.C9H13N.4CH4/c1-12(2)16-13-8-10-15(11-9-13)17-14-6-4-3-5-7-14;1-11(2)15-9-10-17-14-7-8-16-13-6-4-3-5-12(13)14;1-9(2)13-10(3)11-6-5-7-12(8-11)14-4;1-10(2)13-9-8-11-4-6-12(14-3)7-5-11;1-9(2)11-7-5-6-8-12(11)13-10(3)4;1-8(2)13-9(3)10-4-6-11(12)7-5-10;1-4-6-10-7-5-8-12-11(10)13-9(2)3;1-9(2)12-8-10-5-4-6-11(7-10)13-3;1-8(2)11-10-6-4-9(3)5-7-10;1-8(2)10-9-6-4-3-5-7-9;;;;/h3-12,16H,1-2H3;3-8,11,15H,9-10H2,1-2H3;5-10,13H,1-4H3;4-7,10,13H,8-9H2,1-3H3;5-10,13H,1-4H3;4-9,13H,1-3H3;5,7-9H,4,6H2,1-3H3,(H,12,13);4-7,9,12H,8H2,1-3H3;4-8,11H,1-3H3;3-8,10H,1-2H3;4*1H4/t;;10-;;;;;;;;;;;/m..1.........../s1. The number of hydrogen-bond acceptors (Lipinski definition) is 17. The van der Waals surface area contributed by atoms with E-state index < -0.39 is 0 Å². The first-order valence-corrected chi connectivity index (χ1v) is 50.4. The number of para-hydroxylation sites is 4. The van der Waals surface area contributed by atoms with E-state index in [-0.39, 0.29) is 29.7 Å². The van der Waals surface area contributed by atoms with E-state index in [1.165, 1.54) is 72.7 Å². The molecule has 2 aromatic heterocycles. The molecular weight excluding hydrogens is 1800 g/mol. The molecule has 10 aromatic carbocycles. The number of ether oxygens (including phenoxy) is 4. The van der Waals surface area contributed by atoms with Gasteiger partial charge in [0.2, 0.25) is 0 Å². The second-order valence-corrected chi connectivity index (χ2v) is 38.5. The number of thioether (sulfide) groups is 1. The second kappa shape index (κ2) is 77.3. The van der Waals surface area contributed by atoms with Gasteiger partial charge in [-0.2, -0.15) is 0 Å². The minimum Gasteiger partial charge on any atom is -0.497 e. The Balaban J connectivity index is 0. The lowest BCUT2D eigenvalue weighted by Crippen LogP contribution is -2.25. The summed E-state index contributed by atoms with van der Waals surface area (Å²) < 4.78 is 22.3. The van der Waals surface area contributed by atoms with Crippen LogP contribution in [0.1, 0.15) is 266 Å². The smallest absolute Gasteiger partial charge is 0.129 e. The van der Waals surface area contributed by atoms with Gasteiger partial charge >= 0.3 is 0 Å². The number of methoxy groups -OCH3 is 3. The Bertz CT molecular complexity index is 4940. The van der Waals surface area contributed by atoms with Crippen molar-refractivity contribution in [2.45, 2.75) is 319 Å². The third-order valence-electron chi connectivity index (χ3n) is 19.5. The van der Waals surface area contributed by atoms with E-state index in [0.717, 1.165) is 88.5 Å². The highest BCUT2D eigenvalue weighted by Crippen LogP contribution is 2.29. The Morgan fingerprint density at radius 1 is 0.345 bits per heavy atom. The van der Waals surface area contributed by atoms with E-state index in [9.17, 15) is 0 Å². The highest BCUT2D eigenvalue weighted by molar-refractivity contribution is 9.10. The second-order valence-electron chi connectivity index (χ2n) is 36.5. The summed E-state index contributed by atoms with van der Waals surface area (Å²) in [4.78, 5) is 10.0. The Hall–Kier alpha value is -10.4. The van der Waals surface area contributed by atoms with Gasteiger partial charge in [-0.25, -0.2) is 4.98 Å². The summed E-state index contributed by atoms with van der Waals surface area (Å²) in [5.41, 5.74) is 15.1. The number of halogens is 1. The lowest BCUT2D eigenvalue weighted by Gasteiger charge is -2.17. The number of nitrogens with zero attached hydrogens (tertiary/aromatic N) is 2. The van der Waals surface area contributed by atoms with Crippen molar-refractivity contribution >= 4 is 67.2 Å². The molecule has 0 aliphatic heterocycles. The molecule has 0 saturated heterocycles. The third-order valence-corrected chi connectivity index (χ3v) is 21.1. The largest absolute Gasteiger partial charge is 0.497 e. The number of pyridine rings is 2. The maximum atomic E-state index is 5.71. The first kappa shape index (κ1) is 131. The summed E-state index contributed by atoms with van der Waals surface area (Å²) in [6.45, 7) is 59.0. The van der Waals surface area contributed by atoms with Crippen molar-refractivity contribution in [1.82, 2.24) is 36.6 Å². The van der Waals surface area contributed by atoms with Gasteiger partial charge in [-0.3, -0.25) is 4.98 Å². The highest BCUT2D eigenvalue weighted by Gasteiger charge is 2.12. The Kier molecular flexibility index (Phi) is 72.7. The van der Waals surface area contributed by atoms with Gasteiger partial charge in [0.25, 0.3) is 0 Å². The molecule has 2 atom stereocenters. The molecule has 1 unspecified atom stereocenters. The van der Waals surface area contributed by atoms with Crippen LogP contribution in [0.2, 0.25) is 0 Å². The fourth-order valence-corrected chi connectivity index (χ4v) is 14.3. The molecule has 0 amide bonds. The van der Waals surface area contributed by atoms with Gasteiger partial charge in [0.1, 0.15) is 34.6 Å². The number of benzene rings is 10. The predicted octanol–water partition coefficient (Wildman–Crippen LogP) is 32.7. The highest BCUT2D eigenvalue weighted by atomic mass is 79.9. The normalized spacial score (nSPS) is 10.7. The van der Waals surface area contributed by atoms with Crippen LogP contribution in [-0.2, 0) is 19.4 Å². The topological polar surface area (TPSA) is 183 Å². The minimum absolute atomic E-state index is 0. The monoisotopic (exact) mass is 1980 g/mol. The van der Waals surface area contributed by atoms with Crippen LogP contribution in [0.5, 0.6) is 28.7 Å². The quantitative estimate of drug-likeness (QED) is 0.0132. The van der Waals surface area contributed by atoms with Crippen molar-refractivity contribution in [3.63, 3.8) is 0 Å². The van der Waals surface area contributed by atoms with E-state index in [1.807, 2.05) is 145 Å². The number of aryl methyl sites for hydroxylation is 2. The molecule has 0 radical (unpaired) electrons. The van der Waals surface area contributed by atoms with Crippen LogP contribution in [0, 0.1) is 6.92 Å². The first-order chi connectivity index (χ1) is 64.5. The minimum atomic E-state index is 0. The molecule has 0 bridgehead atoms. The third kappa shape index (κ3) is 62.4. The van der Waals surface area contributed by atoms with Crippen molar-refractivity contribution in [3.8, 4) is 28.7 Å². The molecule has 768 valence electrons. The molecule has 0 fully saturated rings. The fourth-order valence-electron chi connectivity index (χ4n) is 13.1. The van der Waals surface area contributed by atoms with Crippen LogP contribution in [0.4, 0.5) is 28.6 Å². The van der Waals surface area contributed by atoms with Crippen molar-refractivity contribution in [2.75, 3.05) is 66.8 Å². The molecular formula is C121H187BrN12O4S. The Morgan fingerprint density at radius 2 is 0.806 bits per heavy atom. The molecule has 139 heavy (non-hydrogen) atoms. The number of fused-ring (bicyclic) bond motifs is 1. The van der Waals surface area contributed by atoms with Crippen molar-refractivity contribution in [2.24, 2.45) is 0 Å². The molecule has 10 N–H and O–H groups in total. The van der Waals surface area contributed by atoms with Gasteiger partial charge in [-0.05, 0) is 282 Å². The van der Waals surface area contributed by atoms with Crippen LogP contribution in [-0.4, -0.2) is 111 Å². The van der Waals surface area contributed by atoms with Crippen molar-refractivity contribution in [1.29, 1.82) is 0 Å². The van der Waals surface area contributed by atoms with E-state index in [1.54, 1.807) is 21.3 Å². The molecule has 0 aliphatic carbocycles. The number of nitrogens with one attached hydrogen (secondary N) is 10. The Morgan fingerprint density at radius 3 is 1.32 bits per heavy atom. The van der Waals surface area contributed by atoms with Gasteiger partial charge in [-0.1, -0.05) is 287 Å². The van der Waals surface area contributed by atoms with Crippen LogP contribution >= 0.6 is 27.7 Å². The van der Waals surface area contributed by atoms with Gasteiger partial charge in [-0.15, -0.1) is 11.8 Å². The van der Waals surface area contributed by atoms with Gasteiger partial charge in [0.05, 0.1) is 26.8 Å². The van der Waals surface area contributed by atoms with Crippen molar-refractivity contribution in [3.05, 3.63) is 329 Å². The van der Waals surface area contributed by atoms with E-state index in [2.05, 4.69) is 411 Å². The lowest BCUT2D eigenvalue weighted by atomic mass is 10.0. The zero-order valence-corrected chi connectivity index (χ0v) is 89.8. The maximum Gasteiger partial charge on any atom is 0.129 e. The zero-order valence-electron chi connectivity index (χ0n) is 87.4. The molecule has 0 spiro atoms. The average molecular weight is 1990 g/mol. The van der Waals surface area contributed by atoms with Gasteiger partial charge in [0.15, 0.2) is 0 Å². The molecule has 18 heteroatoms. The van der Waals surface area contributed by atoms with Crippen LogP contribution in [0.25, 0.3) is 10.9 Å². The molecule has 0 aliphatic rings. The Labute approximate surface area is 859 Å².